The zero-order valence-electron chi connectivity index (χ0n) is 18.5. The highest BCUT2D eigenvalue weighted by atomic mass is 35.5. The summed E-state index contributed by atoms with van der Waals surface area (Å²) in [7, 11) is 0. The third kappa shape index (κ3) is 4.39. The predicted octanol–water partition coefficient (Wildman–Crippen LogP) is 4.80. The summed E-state index contributed by atoms with van der Waals surface area (Å²) in [5, 5.41) is 4.42. The third-order valence-corrected chi connectivity index (χ3v) is 7.22. The van der Waals surface area contributed by atoms with Crippen molar-refractivity contribution in [1.82, 2.24) is 10.3 Å². The molecule has 0 saturated carbocycles. The van der Waals surface area contributed by atoms with Crippen LogP contribution >= 0.6 is 11.6 Å². The number of alkyl carbamates (subject to hydrolysis) is 1. The Morgan fingerprint density at radius 1 is 1.42 bits per heavy atom. The third-order valence-electron chi connectivity index (χ3n) is 6.98. The quantitative estimate of drug-likeness (QED) is 0.289. The lowest BCUT2D eigenvalue weighted by molar-refractivity contribution is -0.140. The maximum atomic E-state index is 12.4. The van der Waals surface area contributed by atoms with Crippen molar-refractivity contribution in [2.75, 3.05) is 6.61 Å². The van der Waals surface area contributed by atoms with Gasteiger partial charge < -0.3 is 24.5 Å². The van der Waals surface area contributed by atoms with Crippen LogP contribution in [0.3, 0.4) is 0 Å². The van der Waals surface area contributed by atoms with Gasteiger partial charge in [-0.15, -0.1) is 0 Å². The van der Waals surface area contributed by atoms with E-state index in [-0.39, 0.29) is 36.3 Å². The molecule has 1 amide bonds. The van der Waals surface area contributed by atoms with Gasteiger partial charge in [-0.3, -0.25) is 0 Å². The average Bonchev–Trinajstić information content (AvgIpc) is 3.15. The molecule has 0 unspecified atom stereocenters. The van der Waals surface area contributed by atoms with Gasteiger partial charge in [0.2, 0.25) is 0 Å². The molecule has 8 heteroatoms. The van der Waals surface area contributed by atoms with Gasteiger partial charge in [-0.05, 0) is 61.9 Å². The number of amides is 1. The number of epoxide rings is 1. The van der Waals surface area contributed by atoms with Gasteiger partial charge in [-0.2, -0.15) is 0 Å². The van der Waals surface area contributed by atoms with E-state index >= 15 is 0 Å². The zero-order chi connectivity index (χ0) is 23.2. The molecule has 2 aromatic rings. The topological polar surface area (TPSA) is 92.9 Å². The second-order valence-corrected chi connectivity index (χ2v) is 9.66. The smallest absolute Gasteiger partial charge is 0.407 e. The van der Waals surface area contributed by atoms with E-state index in [0.29, 0.717) is 30.0 Å². The Morgan fingerprint density at radius 3 is 3.12 bits per heavy atom. The fourth-order valence-corrected chi connectivity index (χ4v) is 5.10. The molecule has 4 atom stereocenters. The van der Waals surface area contributed by atoms with E-state index in [0.717, 1.165) is 34.9 Å². The molecule has 1 aliphatic carbocycles. The molecule has 0 spiro atoms. The zero-order valence-corrected chi connectivity index (χ0v) is 19.2. The summed E-state index contributed by atoms with van der Waals surface area (Å²) < 4.78 is 17.0. The lowest BCUT2D eigenvalue weighted by Crippen LogP contribution is -2.29. The molecule has 2 saturated heterocycles. The van der Waals surface area contributed by atoms with Gasteiger partial charge in [0.1, 0.15) is 18.8 Å². The van der Waals surface area contributed by atoms with Crippen LogP contribution in [0.2, 0.25) is 5.02 Å². The van der Waals surface area contributed by atoms with Crippen LogP contribution in [0.15, 0.2) is 48.2 Å². The van der Waals surface area contributed by atoms with Crippen molar-refractivity contribution in [3.05, 3.63) is 58.8 Å². The molecular formula is C25H27ClN2O5. The number of benzene rings is 1. The van der Waals surface area contributed by atoms with E-state index in [1.54, 1.807) is 0 Å². The second kappa shape index (κ2) is 8.54. The Bertz CT molecular complexity index is 1150. The number of aromatic amines is 1. The molecule has 5 rings (SSSR count). The monoisotopic (exact) mass is 470 g/mol. The number of fused-ring (bicyclic) bond motifs is 4. The molecule has 3 aliphatic rings. The van der Waals surface area contributed by atoms with Crippen molar-refractivity contribution in [2.45, 2.75) is 57.0 Å². The number of esters is 1. The average molecular weight is 471 g/mol. The maximum absolute atomic E-state index is 12.4. The van der Waals surface area contributed by atoms with Crippen molar-refractivity contribution >= 4 is 34.6 Å². The van der Waals surface area contributed by atoms with E-state index < -0.39 is 6.09 Å². The van der Waals surface area contributed by atoms with Crippen LogP contribution in [0.25, 0.3) is 10.9 Å². The van der Waals surface area contributed by atoms with Gasteiger partial charge >= 0.3 is 12.1 Å². The Labute approximate surface area is 197 Å². The Hall–Kier alpha value is -2.77. The number of rotatable bonds is 4. The van der Waals surface area contributed by atoms with Gasteiger partial charge in [-0.1, -0.05) is 24.3 Å². The highest BCUT2D eigenvalue weighted by molar-refractivity contribution is 6.31. The van der Waals surface area contributed by atoms with E-state index in [9.17, 15) is 9.59 Å². The number of hydrogen-bond donors (Lipinski definition) is 2. The summed E-state index contributed by atoms with van der Waals surface area (Å²) in [5.41, 5.74) is 3.15. The molecular weight excluding hydrogens is 444 g/mol. The summed E-state index contributed by atoms with van der Waals surface area (Å²) in [4.78, 5) is 27.6. The van der Waals surface area contributed by atoms with Crippen LogP contribution in [0.5, 0.6) is 0 Å². The van der Waals surface area contributed by atoms with Crippen molar-refractivity contribution in [3.8, 4) is 0 Å². The SMILES string of the molecule is C=C1C(=O)O[C@H]2[C@H]1CC/C(COC(=O)NCc1c[nH]c3ccc(Cl)cc13)=C\CC[C@@]1(C)O[C@@H]21. The van der Waals surface area contributed by atoms with Crippen LogP contribution < -0.4 is 5.32 Å². The normalized spacial score (nSPS) is 30.6. The van der Waals surface area contributed by atoms with Crippen molar-refractivity contribution in [2.24, 2.45) is 5.92 Å². The molecule has 174 valence electrons. The number of allylic oxidation sites excluding steroid dienone is 1. The molecule has 33 heavy (non-hydrogen) atoms. The molecule has 1 aromatic heterocycles. The molecule has 0 bridgehead atoms. The van der Waals surface area contributed by atoms with E-state index in [4.69, 9.17) is 25.8 Å². The minimum atomic E-state index is -0.483. The van der Waals surface area contributed by atoms with Crippen molar-refractivity contribution in [3.63, 3.8) is 0 Å². The molecule has 2 aliphatic heterocycles. The summed E-state index contributed by atoms with van der Waals surface area (Å²) in [6.45, 7) is 6.53. The molecule has 3 heterocycles. The molecule has 1 aromatic carbocycles. The number of carbonyl (C=O) groups excluding carboxylic acids is 2. The van der Waals surface area contributed by atoms with Crippen LogP contribution in [0.4, 0.5) is 4.79 Å². The lowest BCUT2D eigenvalue weighted by Gasteiger charge is -2.20. The molecule has 0 radical (unpaired) electrons. The van der Waals surface area contributed by atoms with E-state index in [2.05, 4.69) is 29.9 Å². The Morgan fingerprint density at radius 2 is 2.27 bits per heavy atom. The Kier molecular flexibility index (Phi) is 5.70. The summed E-state index contributed by atoms with van der Waals surface area (Å²) in [6.07, 6.45) is 6.20. The van der Waals surface area contributed by atoms with Gasteiger partial charge in [-0.25, -0.2) is 9.59 Å². The van der Waals surface area contributed by atoms with Crippen LogP contribution in [0, 0.1) is 5.92 Å². The number of H-pyrrole nitrogens is 1. The van der Waals surface area contributed by atoms with Crippen LogP contribution in [0.1, 0.15) is 38.2 Å². The first kappa shape index (κ1) is 22.0. The van der Waals surface area contributed by atoms with Gasteiger partial charge in [0, 0.05) is 40.2 Å². The number of aromatic nitrogens is 1. The lowest BCUT2D eigenvalue weighted by atomic mass is 9.84. The number of ether oxygens (including phenoxy) is 3. The molecule has 2 N–H and O–H groups in total. The highest BCUT2D eigenvalue weighted by Gasteiger charge is 2.61. The number of carbonyl (C=O) groups is 2. The first-order valence-electron chi connectivity index (χ1n) is 11.3. The van der Waals surface area contributed by atoms with Gasteiger partial charge in [0.25, 0.3) is 0 Å². The minimum Gasteiger partial charge on any atom is -0.455 e. The highest BCUT2D eigenvalue weighted by Crippen LogP contribution is 2.49. The van der Waals surface area contributed by atoms with E-state index in [1.165, 1.54) is 0 Å². The summed E-state index contributed by atoms with van der Waals surface area (Å²) >= 11 is 6.09. The maximum Gasteiger partial charge on any atom is 0.407 e. The minimum absolute atomic E-state index is 0.0675. The predicted molar refractivity (Wildman–Crippen MR) is 124 cm³/mol. The summed E-state index contributed by atoms with van der Waals surface area (Å²) in [6, 6.07) is 5.59. The van der Waals surface area contributed by atoms with Gasteiger partial charge in [0.15, 0.2) is 0 Å². The Balaban J connectivity index is 1.18. The van der Waals surface area contributed by atoms with Crippen molar-refractivity contribution in [1.29, 1.82) is 0 Å². The molecule has 2 fully saturated rings. The van der Waals surface area contributed by atoms with Gasteiger partial charge in [0.05, 0.1) is 5.60 Å². The second-order valence-electron chi connectivity index (χ2n) is 9.23. The standard InChI is InChI=1S/C25H27ClN2O5/c1-14-18-7-5-15(4-3-9-25(2)22(33-25)21(18)32-23(14)29)13-31-24(30)28-12-16-11-27-20-8-6-17(26)10-19(16)20/h4,6,8,10-11,18,21-22,27H,1,3,5,7,9,12-13H2,2H3,(H,28,30)/b15-4+/t18-,21-,22-,25+/m0/s1. The fraction of sp³-hybridized carbons (Fsp3) is 0.440. The van der Waals surface area contributed by atoms with Crippen molar-refractivity contribution < 1.29 is 23.8 Å². The first-order chi connectivity index (χ1) is 15.8. The number of halogens is 1. The van der Waals surface area contributed by atoms with Crippen LogP contribution in [-0.4, -0.2) is 41.5 Å². The summed E-state index contributed by atoms with van der Waals surface area (Å²) in [5.74, 6) is -0.407. The number of nitrogens with one attached hydrogen (secondary N) is 2. The van der Waals surface area contributed by atoms with E-state index in [1.807, 2.05) is 24.4 Å². The largest absolute Gasteiger partial charge is 0.455 e. The number of hydrogen-bond acceptors (Lipinski definition) is 5. The molecule has 7 nitrogen and oxygen atoms in total. The van der Waals surface area contributed by atoms with Crippen LogP contribution in [-0.2, 0) is 25.5 Å². The first-order valence-corrected chi connectivity index (χ1v) is 11.6. The fourth-order valence-electron chi connectivity index (χ4n) is 4.92.